The highest BCUT2D eigenvalue weighted by Gasteiger charge is 2.07. The number of nitriles is 1. The molecule has 0 aliphatic carbocycles. The first kappa shape index (κ1) is 8.25. The van der Waals surface area contributed by atoms with Crippen LogP contribution in [0.1, 0.15) is 22.8 Å². The summed E-state index contributed by atoms with van der Waals surface area (Å²) in [5, 5.41) is 17.5. The van der Waals surface area contributed by atoms with Crippen LogP contribution < -0.4 is 0 Å². The second-order valence-corrected chi connectivity index (χ2v) is 3.39. The van der Waals surface area contributed by atoms with Crippen molar-refractivity contribution in [1.29, 1.82) is 5.26 Å². The molecule has 0 saturated heterocycles. The van der Waals surface area contributed by atoms with Gasteiger partial charge in [0.25, 0.3) is 0 Å². The van der Waals surface area contributed by atoms with Gasteiger partial charge >= 0.3 is 0 Å². The van der Waals surface area contributed by atoms with E-state index in [0.29, 0.717) is 0 Å². The van der Waals surface area contributed by atoms with Crippen molar-refractivity contribution in [3.63, 3.8) is 0 Å². The molecule has 0 aliphatic rings. The van der Waals surface area contributed by atoms with Crippen LogP contribution in [-0.4, -0.2) is 5.11 Å². The summed E-state index contributed by atoms with van der Waals surface area (Å²) in [6.07, 6.45) is 0.0170. The number of hydrogen-bond donors (Lipinski definition) is 1. The molecule has 11 heavy (non-hydrogen) atoms. The Morgan fingerprint density at radius 3 is 2.91 bits per heavy atom. The van der Waals surface area contributed by atoms with Gasteiger partial charge in [-0.25, -0.2) is 0 Å². The highest BCUT2D eigenvalue weighted by Crippen LogP contribution is 2.22. The predicted molar refractivity (Wildman–Crippen MR) is 44.3 cm³/mol. The summed E-state index contributed by atoms with van der Waals surface area (Å²) in [5.41, 5.74) is 0. The van der Waals surface area contributed by atoms with E-state index in [1.807, 2.05) is 13.0 Å². The van der Waals surface area contributed by atoms with Crippen molar-refractivity contribution in [3.8, 4) is 6.07 Å². The lowest BCUT2D eigenvalue weighted by atomic mass is 10.3. The van der Waals surface area contributed by atoms with E-state index in [1.165, 1.54) is 16.2 Å². The molecule has 1 rings (SSSR count). The fourth-order valence-electron chi connectivity index (χ4n) is 0.795. The minimum atomic E-state index is -0.944. The fraction of sp³-hybridized carbons (Fsp3) is 0.375. The smallest absolute Gasteiger partial charge is 0.175 e. The van der Waals surface area contributed by atoms with E-state index >= 15 is 0 Å². The van der Waals surface area contributed by atoms with Gasteiger partial charge in [-0.2, -0.15) is 5.26 Å². The second-order valence-electron chi connectivity index (χ2n) is 2.19. The van der Waals surface area contributed by atoms with Gasteiger partial charge < -0.3 is 5.11 Å². The van der Waals surface area contributed by atoms with E-state index in [1.54, 1.807) is 12.1 Å². The molecular weight excluding hydrogens is 158 g/mol. The summed E-state index contributed by atoms with van der Waals surface area (Å²) in [4.78, 5) is 1.94. The van der Waals surface area contributed by atoms with Crippen molar-refractivity contribution in [3.05, 3.63) is 21.9 Å². The number of nitrogens with zero attached hydrogens (tertiary/aromatic N) is 1. The molecule has 1 N–H and O–H groups in total. The first-order chi connectivity index (χ1) is 5.27. The zero-order valence-electron chi connectivity index (χ0n) is 6.24. The van der Waals surface area contributed by atoms with Crippen LogP contribution in [0.3, 0.4) is 0 Å². The number of aliphatic hydroxyl groups is 1. The van der Waals surface area contributed by atoms with Crippen LogP contribution in [0.4, 0.5) is 0 Å². The van der Waals surface area contributed by atoms with E-state index in [2.05, 4.69) is 0 Å². The van der Waals surface area contributed by atoms with Crippen LogP contribution in [-0.2, 0) is 6.42 Å². The number of thiophene rings is 1. The van der Waals surface area contributed by atoms with Crippen molar-refractivity contribution >= 4 is 11.3 Å². The Hall–Kier alpha value is -0.850. The van der Waals surface area contributed by atoms with Gasteiger partial charge in [-0.05, 0) is 18.6 Å². The standard InChI is InChI=1S/C8H9NOS/c1-2-6-3-4-8(11-6)7(10)5-9/h3-4,7,10H,2H2,1H3. The maximum Gasteiger partial charge on any atom is 0.175 e. The van der Waals surface area contributed by atoms with Gasteiger partial charge in [-0.3, -0.25) is 0 Å². The summed E-state index contributed by atoms with van der Waals surface area (Å²) in [7, 11) is 0. The van der Waals surface area contributed by atoms with Gasteiger partial charge in [0.15, 0.2) is 6.10 Å². The lowest BCUT2D eigenvalue weighted by Gasteiger charge is -1.93. The summed E-state index contributed by atoms with van der Waals surface area (Å²) >= 11 is 1.49. The van der Waals surface area contributed by atoms with Crippen LogP contribution in [0.15, 0.2) is 12.1 Å². The molecule has 0 aromatic carbocycles. The molecule has 1 unspecified atom stereocenters. The van der Waals surface area contributed by atoms with Gasteiger partial charge in [-0.15, -0.1) is 11.3 Å². The average Bonchev–Trinajstić information content (AvgIpc) is 2.50. The van der Waals surface area contributed by atoms with Gasteiger partial charge in [0.2, 0.25) is 0 Å². The molecule has 2 nitrogen and oxygen atoms in total. The molecule has 0 amide bonds. The summed E-state index contributed by atoms with van der Waals surface area (Å²) in [6, 6.07) is 5.53. The molecule has 0 radical (unpaired) electrons. The van der Waals surface area contributed by atoms with Gasteiger partial charge in [0.05, 0.1) is 6.07 Å². The molecule has 1 heterocycles. The van der Waals surface area contributed by atoms with Crippen LogP contribution >= 0.6 is 11.3 Å². The second kappa shape index (κ2) is 3.51. The molecule has 1 aromatic rings. The van der Waals surface area contributed by atoms with Crippen molar-refractivity contribution in [2.45, 2.75) is 19.4 Å². The Balaban J connectivity index is 2.82. The molecule has 1 atom stereocenters. The van der Waals surface area contributed by atoms with Crippen LogP contribution in [0, 0.1) is 11.3 Å². The third-order valence-electron chi connectivity index (χ3n) is 1.42. The summed E-state index contributed by atoms with van der Waals surface area (Å²) in [5.74, 6) is 0. The Morgan fingerprint density at radius 1 is 1.73 bits per heavy atom. The molecule has 0 spiro atoms. The van der Waals surface area contributed by atoms with Crippen molar-refractivity contribution in [2.24, 2.45) is 0 Å². The molecule has 3 heteroatoms. The Bertz CT molecular complexity index is 274. The zero-order valence-corrected chi connectivity index (χ0v) is 7.06. The van der Waals surface area contributed by atoms with Crippen LogP contribution in [0.5, 0.6) is 0 Å². The highest BCUT2D eigenvalue weighted by molar-refractivity contribution is 7.12. The van der Waals surface area contributed by atoms with Crippen LogP contribution in [0.2, 0.25) is 0 Å². The first-order valence-electron chi connectivity index (χ1n) is 3.44. The first-order valence-corrected chi connectivity index (χ1v) is 4.26. The zero-order chi connectivity index (χ0) is 8.27. The normalized spacial score (nSPS) is 12.5. The van der Waals surface area contributed by atoms with Gasteiger partial charge in [0, 0.05) is 9.75 Å². The molecule has 0 saturated carbocycles. The molecular formula is C8H9NOS. The Kier molecular flexibility index (Phi) is 2.64. The third-order valence-corrected chi connectivity index (χ3v) is 2.70. The number of aliphatic hydroxyl groups excluding tert-OH is 1. The van der Waals surface area contributed by atoms with E-state index in [9.17, 15) is 0 Å². The lowest BCUT2D eigenvalue weighted by Crippen LogP contribution is -1.86. The van der Waals surface area contributed by atoms with Gasteiger partial charge in [0.1, 0.15) is 0 Å². The minimum Gasteiger partial charge on any atom is -0.373 e. The summed E-state index contributed by atoms with van der Waals surface area (Å²) in [6.45, 7) is 2.05. The largest absolute Gasteiger partial charge is 0.373 e. The molecule has 0 bridgehead atoms. The van der Waals surface area contributed by atoms with Crippen molar-refractivity contribution < 1.29 is 5.11 Å². The number of hydrogen-bond acceptors (Lipinski definition) is 3. The molecule has 0 fully saturated rings. The Labute approximate surface area is 69.7 Å². The molecule has 58 valence electrons. The number of aryl methyl sites for hydroxylation is 1. The molecule has 0 aliphatic heterocycles. The third kappa shape index (κ3) is 1.79. The SMILES string of the molecule is CCc1ccc(C(O)C#N)s1. The van der Waals surface area contributed by atoms with E-state index in [-0.39, 0.29) is 0 Å². The quantitative estimate of drug-likeness (QED) is 0.683. The average molecular weight is 167 g/mol. The maximum atomic E-state index is 9.09. The van der Waals surface area contributed by atoms with E-state index < -0.39 is 6.10 Å². The van der Waals surface area contributed by atoms with E-state index in [4.69, 9.17) is 10.4 Å². The lowest BCUT2D eigenvalue weighted by molar-refractivity contribution is 0.240. The van der Waals surface area contributed by atoms with E-state index in [0.717, 1.165) is 11.3 Å². The number of rotatable bonds is 2. The maximum absolute atomic E-state index is 9.09. The highest BCUT2D eigenvalue weighted by atomic mass is 32.1. The topological polar surface area (TPSA) is 44.0 Å². The predicted octanol–water partition coefficient (Wildman–Crippen LogP) is 1.87. The van der Waals surface area contributed by atoms with Gasteiger partial charge in [-0.1, -0.05) is 6.92 Å². The minimum absolute atomic E-state index is 0.740. The van der Waals surface area contributed by atoms with Crippen molar-refractivity contribution in [1.82, 2.24) is 0 Å². The monoisotopic (exact) mass is 167 g/mol. The Morgan fingerprint density at radius 2 is 2.45 bits per heavy atom. The molecule has 1 aromatic heterocycles. The fourth-order valence-corrected chi connectivity index (χ4v) is 1.68. The summed E-state index contributed by atoms with van der Waals surface area (Å²) < 4.78 is 0. The van der Waals surface area contributed by atoms with Crippen LogP contribution in [0.25, 0.3) is 0 Å². The van der Waals surface area contributed by atoms with Crippen molar-refractivity contribution in [2.75, 3.05) is 0 Å².